The van der Waals surface area contributed by atoms with Crippen molar-refractivity contribution in [2.24, 2.45) is 0 Å². The predicted octanol–water partition coefficient (Wildman–Crippen LogP) is 2.69. The second-order valence-corrected chi connectivity index (χ2v) is 5.15. The third-order valence-electron chi connectivity index (χ3n) is 3.63. The topological polar surface area (TPSA) is 37.2 Å². The molecule has 96 valence electrons. The van der Waals surface area contributed by atoms with Crippen molar-refractivity contribution < 1.29 is 4.42 Å². The second kappa shape index (κ2) is 5.69. The summed E-state index contributed by atoms with van der Waals surface area (Å²) in [5, 5.41) is 7.16. The minimum absolute atomic E-state index is 0.371. The highest BCUT2D eigenvalue weighted by molar-refractivity contribution is 5.23. The highest BCUT2D eigenvalue weighted by atomic mass is 16.3. The Balaban J connectivity index is 1.84. The first-order valence-electron chi connectivity index (χ1n) is 6.70. The Kier molecular flexibility index (Phi) is 4.24. The molecule has 0 bridgehead atoms. The van der Waals surface area contributed by atoms with Crippen LogP contribution in [0.3, 0.4) is 0 Å². The minimum atomic E-state index is 0.371. The highest BCUT2D eigenvalue weighted by Gasteiger charge is 2.16. The van der Waals surface area contributed by atoms with Crippen LogP contribution < -0.4 is 10.6 Å². The summed E-state index contributed by atoms with van der Waals surface area (Å²) < 4.78 is 5.57. The summed E-state index contributed by atoms with van der Waals surface area (Å²) in [6, 6.07) is 3.15. The maximum absolute atomic E-state index is 5.57. The fourth-order valence-electron chi connectivity index (χ4n) is 2.61. The molecule has 2 heterocycles. The molecule has 2 atom stereocenters. The van der Waals surface area contributed by atoms with Gasteiger partial charge in [-0.3, -0.25) is 0 Å². The molecule has 1 fully saturated rings. The van der Waals surface area contributed by atoms with Gasteiger partial charge in [0.25, 0.3) is 0 Å². The molecule has 1 saturated heterocycles. The first-order chi connectivity index (χ1) is 8.16. The van der Waals surface area contributed by atoms with Crippen LogP contribution in [0.2, 0.25) is 0 Å². The molecule has 0 aromatic carbocycles. The van der Waals surface area contributed by atoms with Crippen LogP contribution >= 0.6 is 0 Å². The average Bonchev–Trinajstić information content (AvgIpc) is 2.67. The maximum atomic E-state index is 5.57. The number of furan rings is 1. The van der Waals surface area contributed by atoms with Crippen LogP contribution in [0.15, 0.2) is 10.5 Å². The van der Waals surface area contributed by atoms with Crippen molar-refractivity contribution in [1.82, 2.24) is 10.6 Å². The molecule has 1 aromatic heterocycles. The van der Waals surface area contributed by atoms with Crippen LogP contribution in [0.5, 0.6) is 0 Å². The molecular weight excluding hydrogens is 212 g/mol. The summed E-state index contributed by atoms with van der Waals surface area (Å²) in [6.45, 7) is 8.47. The third kappa shape index (κ3) is 3.33. The lowest BCUT2D eigenvalue weighted by Gasteiger charge is -2.25. The van der Waals surface area contributed by atoms with Gasteiger partial charge < -0.3 is 15.1 Å². The lowest BCUT2D eigenvalue weighted by atomic mass is 10.0. The Morgan fingerprint density at radius 1 is 1.47 bits per heavy atom. The van der Waals surface area contributed by atoms with Gasteiger partial charge in [-0.1, -0.05) is 6.42 Å². The molecule has 0 amide bonds. The van der Waals surface area contributed by atoms with Gasteiger partial charge in [-0.15, -0.1) is 0 Å². The Hall–Kier alpha value is -0.800. The fourth-order valence-corrected chi connectivity index (χ4v) is 2.61. The summed E-state index contributed by atoms with van der Waals surface area (Å²) in [7, 11) is 0. The summed E-state index contributed by atoms with van der Waals surface area (Å²) in [5.74, 6) is 2.04. The van der Waals surface area contributed by atoms with E-state index in [1.54, 1.807) is 0 Å². The van der Waals surface area contributed by atoms with E-state index in [-0.39, 0.29) is 0 Å². The number of rotatable bonds is 4. The molecule has 0 aliphatic carbocycles. The molecule has 0 spiro atoms. The minimum Gasteiger partial charge on any atom is -0.466 e. The van der Waals surface area contributed by atoms with Crippen LogP contribution in [0.1, 0.15) is 49.3 Å². The zero-order valence-electron chi connectivity index (χ0n) is 11.2. The Morgan fingerprint density at radius 2 is 2.29 bits per heavy atom. The van der Waals surface area contributed by atoms with Gasteiger partial charge in [0.1, 0.15) is 11.5 Å². The first-order valence-corrected chi connectivity index (χ1v) is 6.70. The zero-order chi connectivity index (χ0) is 12.3. The van der Waals surface area contributed by atoms with E-state index in [1.165, 1.54) is 31.4 Å². The summed E-state index contributed by atoms with van der Waals surface area (Å²) in [5.41, 5.74) is 1.29. The molecule has 17 heavy (non-hydrogen) atoms. The quantitative estimate of drug-likeness (QED) is 0.844. The van der Waals surface area contributed by atoms with Crippen LogP contribution in [-0.2, 0) is 0 Å². The standard InChI is InChI=1S/C14H24N2O/c1-10-8-14(12(3)17-10)11(2)16-9-13-6-4-5-7-15-13/h8,11,13,15-16H,4-7,9H2,1-3H3. The highest BCUT2D eigenvalue weighted by Crippen LogP contribution is 2.21. The second-order valence-electron chi connectivity index (χ2n) is 5.15. The number of piperidine rings is 1. The lowest BCUT2D eigenvalue weighted by Crippen LogP contribution is -2.42. The number of aryl methyl sites for hydroxylation is 2. The van der Waals surface area contributed by atoms with Gasteiger partial charge in [0.2, 0.25) is 0 Å². The normalized spacial score (nSPS) is 22.6. The van der Waals surface area contributed by atoms with E-state index in [0.29, 0.717) is 12.1 Å². The molecule has 2 N–H and O–H groups in total. The van der Waals surface area contributed by atoms with Gasteiger partial charge in [0, 0.05) is 24.2 Å². The lowest BCUT2D eigenvalue weighted by molar-refractivity contribution is 0.370. The van der Waals surface area contributed by atoms with Gasteiger partial charge >= 0.3 is 0 Å². The van der Waals surface area contributed by atoms with Crippen LogP contribution in [-0.4, -0.2) is 19.1 Å². The van der Waals surface area contributed by atoms with E-state index in [4.69, 9.17) is 4.42 Å². The van der Waals surface area contributed by atoms with Crippen molar-refractivity contribution in [3.05, 3.63) is 23.2 Å². The van der Waals surface area contributed by atoms with Crippen molar-refractivity contribution in [2.45, 2.75) is 52.1 Å². The molecular formula is C14H24N2O. The van der Waals surface area contributed by atoms with Gasteiger partial charge in [-0.25, -0.2) is 0 Å². The molecule has 1 aliphatic rings. The van der Waals surface area contributed by atoms with Crippen molar-refractivity contribution in [2.75, 3.05) is 13.1 Å². The average molecular weight is 236 g/mol. The van der Waals surface area contributed by atoms with E-state index < -0.39 is 0 Å². The monoisotopic (exact) mass is 236 g/mol. The van der Waals surface area contributed by atoms with Gasteiger partial charge in [-0.05, 0) is 46.2 Å². The van der Waals surface area contributed by atoms with Crippen molar-refractivity contribution in [3.8, 4) is 0 Å². The van der Waals surface area contributed by atoms with Crippen LogP contribution in [0.4, 0.5) is 0 Å². The summed E-state index contributed by atoms with van der Waals surface area (Å²) >= 11 is 0. The Labute approximate surface area is 104 Å². The third-order valence-corrected chi connectivity index (χ3v) is 3.63. The number of nitrogens with one attached hydrogen (secondary N) is 2. The van der Waals surface area contributed by atoms with Gasteiger partial charge in [0.05, 0.1) is 0 Å². The van der Waals surface area contributed by atoms with Crippen molar-refractivity contribution in [3.63, 3.8) is 0 Å². The fraction of sp³-hybridized carbons (Fsp3) is 0.714. The Bertz CT molecular complexity index is 353. The maximum Gasteiger partial charge on any atom is 0.105 e. The molecule has 2 rings (SSSR count). The van der Waals surface area contributed by atoms with E-state index in [0.717, 1.165) is 18.1 Å². The molecule has 0 radical (unpaired) electrons. The van der Waals surface area contributed by atoms with Crippen LogP contribution in [0.25, 0.3) is 0 Å². The molecule has 0 saturated carbocycles. The predicted molar refractivity (Wildman–Crippen MR) is 70.2 cm³/mol. The van der Waals surface area contributed by atoms with E-state index in [1.807, 2.05) is 13.8 Å². The molecule has 3 heteroatoms. The van der Waals surface area contributed by atoms with E-state index >= 15 is 0 Å². The molecule has 1 aromatic rings. The van der Waals surface area contributed by atoms with Crippen molar-refractivity contribution in [1.29, 1.82) is 0 Å². The van der Waals surface area contributed by atoms with E-state index in [9.17, 15) is 0 Å². The first kappa shape index (κ1) is 12.7. The van der Waals surface area contributed by atoms with Crippen LogP contribution in [0, 0.1) is 13.8 Å². The largest absolute Gasteiger partial charge is 0.466 e. The smallest absolute Gasteiger partial charge is 0.105 e. The van der Waals surface area contributed by atoms with Gasteiger partial charge in [-0.2, -0.15) is 0 Å². The van der Waals surface area contributed by atoms with E-state index in [2.05, 4.69) is 23.6 Å². The SMILES string of the molecule is Cc1cc(C(C)NCC2CCCCN2)c(C)o1. The zero-order valence-corrected chi connectivity index (χ0v) is 11.2. The Morgan fingerprint density at radius 3 is 2.88 bits per heavy atom. The molecule has 3 nitrogen and oxygen atoms in total. The summed E-state index contributed by atoms with van der Waals surface area (Å²) in [6.07, 6.45) is 3.98. The number of hydrogen-bond acceptors (Lipinski definition) is 3. The van der Waals surface area contributed by atoms with Crippen molar-refractivity contribution >= 4 is 0 Å². The summed E-state index contributed by atoms with van der Waals surface area (Å²) in [4.78, 5) is 0. The molecule has 2 unspecified atom stereocenters. The molecule has 1 aliphatic heterocycles. The van der Waals surface area contributed by atoms with Gasteiger partial charge in [0.15, 0.2) is 0 Å². The number of hydrogen-bond donors (Lipinski definition) is 2.